The van der Waals surface area contributed by atoms with E-state index in [1.807, 2.05) is 17.2 Å². The Morgan fingerprint density at radius 1 is 1.19 bits per heavy atom. The first-order chi connectivity index (χ1) is 17.4. The fourth-order valence-corrected chi connectivity index (χ4v) is 5.40. The summed E-state index contributed by atoms with van der Waals surface area (Å²) in [5.74, 6) is 1.42. The second kappa shape index (κ2) is 10.6. The number of pyridine rings is 1. The molecule has 1 aliphatic heterocycles. The van der Waals surface area contributed by atoms with Crippen LogP contribution >= 0.6 is 0 Å². The number of amides is 1. The fourth-order valence-electron chi connectivity index (χ4n) is 4.84. The topological polar surface area (TPSA) is 110 Å². The summed E-state index contributed by atoms with van der Waals surface area (Å²) in [5.41, 5.74) is 2.77. The Balaban J connectivity index is 1.39. The number of anilines is 3. The van der Waals surface area contributed by atoms with Crippen molar-refractivity contribution in [3.05, 3.63) is 48.3 Å². The highest BCUT2D eigenvalue weighted by Gasteiger charge is 2.27. The van der Waals surface area contributed by atoms with Gasteiger partial charge in [0.1, 0.15) is 5.69 Å². The van der Waals surface area contributed by atoms with Crippen molar-refractivity contribution >= 4 is 44.0 Å². The van der Waals surface area contributed by atoms with Crippen molar-refractivity contribution in [2.24, 2.45) is 5.92 Å². The average molecular weight is 527 g/mol. The maximum Gasteiger partial charge on any atom is 0.270 e. The molecule has 3 heterocycles. The van der Waals surface area contributed by atoms with Crippen molar-refractivity contribution in [1.82, 2.24) is 14.9 Å². The molecule has 0 spiro atoms. The Kier molecular flexibility index (Phi) is 7.68. The van der Waals surface area contributed by atoms with Crippen LogP contribution in [-0.2, 0) is 10.0 Å². The van der Waals surface area contributed by atoms with Gasteiger partial charge in [-0.25, -0.2) is 13.4 Å². The van der Waals surface area contributed by atoms with E-state index in [9.17, 15) is 13.2 Å². The van der Waals surface area contributed by atoms with Gasteiger partial charge in [0.05, 0.1) is 11.9 Å². The van der Waals surface area contributed by atoms with Crippen LogP contribution in [0.15, 0.2) is 42.6 Å². The Morgan fingerprint density at radius 3 is 2.57 bits per heavy atom. The summed E-state index contributed by atoms with van der Waals surface area (Å²) in [6.45, 7) is 11.7. The van der Waals surface area contributed by atoms with Crippen molar-refractivity contribution in [2.75, 3.05) is 47.4 Å². The molecule has 1 fully saturated rings. The predicted octanol–water partition coefficient (Wildman–Crippen LogP) is 4.52. The molecule has 3 N–H and O–H groups in total. The SMILES string of the molecule is CCN(CC1CCN(C(=O)c2cc3cc(NS(C)(=O)=O)ccc3[nH]2)CC1)c1ncccc1NC(C)(C)C. The van der Waals surface area contributed by atoms with Gasteiger partial charge in [-0.05, 0) is 82.9 Å². The molecule has 0 bridgehead atoms. The highest BCUT2D eigenvalue weighted by Crippen LogP contribution is 2.29. The van der Waals surface area contributed by atoms with Crippen LogP contribution in [0.1, 0.15) is 51.0 Å². The molecule has 37 heavy (non-hydrogen) atoms. The molecule has 2 aromatic heterocycles. The quantitative estimate of drug-likeness (QED) is 0.398. The molecule has 200 valence electrons. The van der Waals surface area contributed by atoms with Crippen molar-refractivity contribution in [2.45, 2.75) is 46.1 Å². The summed E-state index contributed by atoms with van der Waals surface area (Å²) in [6.07, 6.45) is 4.82. The maximum absolute atomic E-state index is 13.2. The third-order valence-corrected chi connectivity index (χ3v) is 7.12. The summed E-state index contributed by atoms with van der Waals surface area (Å²) >= 11 is 0. The molecular weight excluding hydrogens is 488 g/mol. The first-order valence-electron chi connectivity index (χ1n) is 12.8. The van der Waals surface area contributed by atoms with Gasteiger partial charge in [0.15, 0.2) is 5.82 Å². The van der Waals surface area contributed by atoms with Gasteiger partial charge in [0.2, 0.25) is 10.0 Å². The largest absolute Gasteiger partial charge is 0.377 e. The predicted molar refractivity (Wildman–Crippen MR) is 151 cm³/mol. The van der Waals surface area contributed by atoms with E-state index in [-0.39, 0.29) is 11.4 Å². The lowest BCUT2D eigenvalue weighted by Gasteiger charge is -2.36. The van der Waals surface area contributed by atoms with E-state index < -0.39 is 10.0 Å². The van der Waals surface area contributed by atoms with Crippen molar-refractivity contribution in [3.63, 3.8) is 0 Å². The van der Waals surface area contributed by atoms with E-state index in [0.717, 1.165) is 54.6 Å². The molecule has 9 nitrogen and oxygen atoms in total. The number of piperidine rings is 1. The minimum Gasteiger partial charge on any atom is -0.377 e. The van der Waals surface area contributed by atoms with E-state index in [0.29, 0.717) is 30.4 Å². The molecule has 1 aromatic carbocycles. The number of carbonyl (C=O) groups is 1. The molecule has 3 aromatic rings. The number of sulfonamides is 1. The summed E-state index contributed by atoms with van der Waals surface area (Å²) in [4.78, 5) is 25.3. The summed E-state index contributed by atoms with van der Waals surface area (Å²) < 4.78 is 25.5. The lowest BCUT2D eigenvalue weighted by atomic mass is 9.95. The second-order valence-corrected chi connectivity index (χ2v) is 12.6. The van der Waals surface area contributed by atoms with Gasteiger partial charge in [-0.15, -0.1) is 0 Å². The first kappa shape index (κ1) is 26.8. The lowest BCUT2D eigenvalue weighted by Crippen LogP contribution is -2.42. The van der Waals surface area contributed by atoms with Crippen LogP contribution in [0, 0.1) is 5.92 Å². The zero-order valence-electron chi connectivity index (χ0n) is 22.3. The van der Waals surface area contributed by atoms with Crippen molar-refractivity contribution in [1.29, 1.82) is 0 Å². The normalized spacial score (nSPS) is 15.1. The van der Waals surface area contributed by atoms with Gasteiger partial charge in [-0.1, -0.05) is 0 Å². The number of likely N-dealkylation sites (tertiary alicyclic amines) is 1. The summed E-state index contributed by atoms with van der Waals surface area (Å²) in [5, 5.41) is 4.37. The van der Waals surface area contributed by atoms with Gasteiger partial charge in [0.25, 0.3) is 5.91 Å². The summed E-state index contributed by atoms with van der Waals surface area (Å²) in [6, 6.07) is 11.0. The molecule has 0 unspecified atom stereocenters. The van der Waals surface area contributed by atoms with Crippen LogP contribution in [0.3, 0.4) is 0 Å². The van der Waals surface area contributed by atoms with E-state index in [4.69, 9.17) is 0 Å². The Morgan fingerprint density at radius 2 is 1.92 bits per heavy atom. The third-order valence-electron chi connectivity index (χ3n) is 6.51. The van der Waals surface area contributed by atoms with Gasteiger partial charge in [0, 0.05) is 54.5 Å². The number of nitrogens with zero attached hydrogens (tertiary/aromatic N) is 3. The van der Waals surface area contributed by atoms with E-state index >= 15 is 0 Å². The second-order valence-electron chi connectivity index (χ2n) is 10.9. The molecule has 0 radical (unpaired) electrons. The van der Waals surface area contributed by atoms with Gasteiger partial charge in [-0.2, -0.15) is 0 Å². The molecule has 1 saturated heterocycles. The van der Waals surface area contributed by atoms with E-state index in [1.54, 1.807) is 24.3 Å². The van der Waals surface area contributed by atoms with Crippen LogP contribution in [0.4, 0.5) is 17.2 Å². The number of aromatic amines is 1. The highest BCUT2D eigenvalue weighted by atomic mass is 32.2. The average Bonchev–Trinajstić information content (AvgIpc) is 3.24. The standard InChI is InChI=1S/C27H38N6O3S/c1-6-32(25-23(8-7-13-28-25)30-27(2,3)4)18-19-11-14-33(15-12-19)26(34)24-17-20-16-21(31-37(5,35)36)9-10-22(20)29-24/h7-10,13,16-17,19,29-31H,6,11-12,14-15,18H2,1-5H3. The zero-order valence-corrected chi connectivity index (χ0v) is 23.2. The van der Waals surface area contributed by atoms with E-state index in [2.05, 4.69) is 58.7 Å². The molecular formula is C27H38N6O3S. The fraction of sp³-hybridized carbons (Fsp3) is 0.481. The van der Waals surface area contributed by atoms with Crippen LogP contribution in [0.2, 0.25) is 0 Å². The lowest BCUT2D eigenvalue weighted by molar-refractivity contribution is 0.0688. The number of fused-ring (bicyclic) bond motifs is 1. The minimum absolute atomic E-state index is 0.0268. The monoisotopic (exact) mass is 526 g/mol. The van der Waals surface area contributed by atoms with Gasteiger partial charge in [-0.3, -0.25) is 9.52 Å². The molecule has 10 heteroatoms. The number of rotatable bonds is 8. The number of hydrogen-bond donors (Lipinski definition) is 3. The molecule has 0 aliphatic carbocycles. The Labute approximate surface area is 219 Å². The number of H-pyrrole nitrogens is 1. The molecule has 0 saturated carbocycles. The van der Waals surface area contributed by atoms with Crippen LogP contribution in [0.5, 0.6) is 0 Å². The van der Waals surface area contributed by atoms with Crippen molar-refractivity contribution < 1.29 is 13.2 Å². The molecule has 4 rings (SSSR count). The number of hydrogen-bond acceptors (Lipinski definition) is 6. The maximum atomic E-state index is 13.2. The van der Waals surface area contributed by atoms with Crippen LogP contribution < -0.4 is 14.9 Å². The minimum atomic E-state index is -3.36. The number of aromatic nitrogens is 2. The van der Waals surface area contributed by atoms with Gasteiger partial charge < -0.3 is 20.1 Å². The van der Waals surface area contributed by atoms with Gasteiger partial charge >= 0.3 is 0 Å². The van der Waals surface area contributed by atoms with Crippen LogP contribution in [-0.4, -0.2) is 67.2 Å². The zero-order chi connectivity index (χ0) is 26.8. The highest BCUT2D eigenvalue weighted by molar-refractivity contribution is 7.92. The Hall–Kier alpha value is -3.27. The number of carbonyl (C=O) groups excluding carboxylic acids is 1. The third kappa shape index (κ3) is 6.94. The number of benzene rings is 1. The van der Waals surface area contributed by atoms with Crippen molar-refractivity contribution in [3.8, 4) is 0 Å². The number of nitrogens with one attached hydrogen (secondary N) is 3. The Bertz CT molecular complexity index is 1350. The molecule has 1 aliphatic rings. The molecule has 1 amide bonds. The first-order valence-corrected chi connectivity index (χ1v) is 14.7. The van der Waals surface area contributed by atoms with E-state index in [1.165, 1.54) is 0 Å². The van der Waals surface area contributed by atoms with Crippen LogP contribution in [0.25, 0.3) is 10.9 Å². The molecule has 0 atom stereocenters. The summed E-state index contributed by atoms with van der Waals surface area (Å²) in [7, 11) is -3.36. The smallest absolute Gasteiger partial charge is 0.270 e.